The SMILES string of the molecule is CC[C@@H]1C2C[C@H](O)CCC2(C)[C@H]2CCC3(C)C([C@H](C)CCC(=O)NS(=O)(=O)C(C)C)CC[C@H]3[C@@H]2[C@@H]1O.CC[C@@H]1C2C[C@H](O)CCC2(C)[C@H]2CCC3(C)C([C@H](C)CCCNS(=O)(=O)C(C)C)CC[C@H]3[C@@H]2[C@@H]1O.CC[C@@H]1C2C[C@H](O)CCC2(C)[C@H]2CCC3(C)C([C@H](C)CCCNS(=O)(=O)C(C)C)CC[C@H]3[C@@H]2[C@@H]1O. The fraction of sp³-hybridized carbons (Fsp3) is 0.989. The van der Waals surface area contributed by atoms with Crippen LogP contribution in [0.2, 0.25) is 0 Å². The van der Waals surface area contributed by atoms with Gasteiger partial charge in [-0.25, -0.2) is 34.7 Å². The van der Waals surface area contributed by atoms with E-state index in [1.165, 1.54) is 51.4 Å². The highest BCUT2D eigenvalue weighted by atomic mass is 32.2. The molecule has 33 atom stereocenters. The standard InChI is InChI=1S/C29H51NO5S.2C29H53NO4S/c1-7-20-24-16-19(31)12-14-29(24,6)23-13-15-28(5)21(9-10-22(28)26(23)27(20)33)18(4)8-11-25(32)30-36(34,35)17(2)3;2*1-7-21-25-17-20(31)12-14-29(25,6)24-13-15-28(5)22(10-11-23(28)26(24)27(21)32)19(4)9-8-16-30-35(33,34)18(2)3/h17-24,26-27,31,33H,7-16H2,1-6H3,(H,30,32);2*18-27,30-32H,7-17H2,1-6H3/t18-,19-,20-,21?,22+,23+,24?,26+,27-,28?,29?;2*19-,20-,21-,22?,23+,24+,25?,26+,27-,28?,29?/m111/s1. The zero-order chi connectivity index (χ0) is 78.1. The quantitative estimate of drug-likeness (QED) is 0.0431. The molecule has 0 aromatic heterocycles. The monoisotopic (exact) mass is 1550 g/mol. The first kappa shape index (κ1) is 87.4. The molecule has 0 spiro atoms. The van der Waals surface area contributed by atoms with E-state index in [-0.39, 0.29) is 92.0 Å². The second kappa shape index (κ2) is 33.7. The van der Waals surface area contributed by atoms with Gasteiger partial charge < -0.3 is 30.6 Å². The van der Waals surface area contributed by atoms with E-state index < -0.39 is 41.2 Å². The first-order valence-corrected chi connectivity index (χ1v) is 48.7. The van der Waals surface area contributed by atoms with Crippen molar-refractivity contribution >= 4 is 36.0 Å². The van der Waals surface area contributed by atoms with Gasteiger partial charge in [-0.2, -0.15) is 0 Å². The van der Waals surface area contributed by atoms with E-state index in [9.17, 15) is 60.7 Å². The van der Waals surface area contributed by atoms with Gasteiger partial charge in [-0.1, -0.05) is 102 Å². The van der Waals surface area contributed by atoms with Crippen molar-refractivity contribution in [1.82, 2.24) is 14.2 Å². The van der Waals surface area contributed by atoms with Gasteiger partial charge in [0.15, 0.2) is 0 Å². The topological polar surface area (TPSA) is 277 Å². The summed E-state index contributed by atoms with van der Waals surface area (Å²) in [7, 11) is -9.96. The molecular weight excluding hydrogens is 1390 g/mol. The smallest absolute Gasteiger partial charge is 0.237 e. The number of nitrogens with one attached hydrogen (secondary N) is 3. The minimum absolute atomic E-state index is 0.151. The zero-order valence-corrected chi connectivity index (χ0v) is 72.2. The summed E-state index contributed by atoms with van der Waals surface area (Å²) in [6, 6.07) is 0. The zero-order valence-electron chi connectivity index (χ0n) is 69.7. The summed E-state index contributed by atoms with van der Waals surface area (Å²) < 4.78 is 80.3. The van der Waals surface area contributed by atoms with Crippen molar-refractivity contribution in [3.63, 3.8) is 0 Å². The van der Waals surface area contributed by atoms with Gasteiger partial charge in [0.25, 0.3) is 0 Å². The van der Waals surface area contributed by atoms with E-state index in [2.05, 4.69) is 97.3 Å². The number of aliphatic hydroxyl groups is 6. The van der Waals surface area contributed by atoms with Crippen molar-refractivity contribution in [2.45, 2.75) is 370 Å². The number of carbonyl (C=O) groups is 1. The van der Waals surface area contributed by atoms with Crippen molar-refractivity contribution in [3.8, 4) is 0 Å². The molecule has 0 aliphatic heterocycles. The molecule has 106 heavy (non-hydrogen) atoms. The summed E-state index contributed by atoms with van der Waals surface area (Å²) in [6.45, 7) is 39.8. The van der Waals surface area contributed by atoms with Crippen LogP contribution in [0.25, 0.3) is 0 Å². The maximum atomic E-state index is 12.4. The van der Waals surface area contributed by atoms with Crippen LogP contribution in [0.5, 0.6) is 0 Å². The summed E-state index contributed by atoms with van der Waals surface area (Å²) in [5, 5.41) is 65.6. The molecule has 0 aromatic carbocycles. The maximum Gasteiger partial charge on any atom is 0.237 e. The number of aliphatic hydroxyl groups excluding tert-OH is 6. The summed E-state index contributed by atoms with van der Waals surface area (Å²) in [5.74, 6) is 9.50. The fourth-order valence-electron chi connectivity index (χ4n) is 29.7. The largest absolute Gasteiger partial charge is 0.393 e. The van der Waals surface area contributed by atoms with Crippen molar-refractivity contribution in [2.24, 2.45) is 157 Å². The van der Waals surface area contributed by atoms with Crippen molar-refractivity contribution in [2.75, 3.05) is 13.1 Å². The van der Waals surface area contributed by atoms with Crippen LogP contribution in [-0.2, 0) is 34.9 Å². The summed E-state index contributed by atoms with van der Waals surface area (Å²) in [4.78, 5) is 12.4. The average Bonchev–Trinajstić information content (AvgIpc) is 1.31. The van der Waals surface area contributed by atoms with Crippen LogP contribution >= 0.6 is 0 Å². The molecule has 12 aliphatic carbocycles. The number of sulfonamides is 3. The normalized spacial score (nSPS) is 46.3. The van der Waals surface area contributed by atoms with Gasteiger partial charge in [-0.15, -0.1) is 0 Å². The highest BCUT2D eigenvalue weighted by Crippen LogP contribution is 2.74. The van der Waals surface area contributed by atoms with Crippen LogP contribution < -0.4 is 14.2 Å². The Morgan fingerprint density at radius 2 is 0.623 bits per heavy atom. The van der Waals surface area contributed by atoms with Gasteiger partial charge in [0, 0.05) is 19.5 Å². The molecule has 12 aliphatic rings. The molecule has 616 valence electrons. The number of amides is 1. The minimum Gasteiger partial charge on any atom is -0.393 e. The number of hydrogen-bond acceptors (Lipinski definition) is 13. The van der Waals surface area contributed by atoms with Gasteiger partial charge in [-0.05, 0) is 365 Å². The van der Waals surface area contributed by atoms with E-state index in [1.54, 1.807) is 41.5 Å². The Labute approximate surface area is 646 Å². The van der Waals surface area contributed by atoms with Gasteiger partial charge in [0.1, 0.15) is 0 Å². The lowest BCUT2D eigenvalue weighted by molar-refractivity contribution is -0.203. The van der Waals surface area contributed by atoms with E-state index >= 15 is 0 Å². The summed E-state index contributed by atoms with van der Waals surface area (Å²) in [5.41, 5.74) is 1.40. The molecule has 12 unspecified atom stereocenters. The molecule has 16 nitrogen and oxygen atoms in total. The number of fused-ring (bicyclic) bond motifs is 15. The summed E-state index contributed by atoms with van der Waals surface area (Å²) in [6.07, 6.45) is 29.5. The predicted molar refractivity (Wildman–Crippen MR) is 427 cm³/mol. The predicted octanol–water partition coefficient (Wildman–Crippen LogP) is 15.6. The Balaban J connectivity index is 0.000000170. The molecule has 0 radical (unpaired) electrons. The van der Waals surface area contributed by atoms with Crippen molar-refractivity contribution < 1.29 is 60.7 Å². The van der Waals surface area contributed by atoms with Crippen LogP contribution in [0.3, 0.4) is 0 Å². The Morgan fingerprint density at radius 3 is 0.896 bits per heavy atom. The van der Waals surface area contributed by atoms with Crippen LogP contribution in [0.15, 0.2) is 0 Å². The highest BCUT2D eigenvalue weighted by Gasteiger charge is 2.69. The molecule has 1 amide bonds. The lowest BCUT2D eigenvalue weighted by Gasteiger charge is -2.64. The van der Waals surface area contributed by atoms with Crippen LogP contribution in [-0.4, -0.2) is 127 Å². The van der Waals surface area contributed by atoms with E-state index in [1.807, 2.05) is 0 Å². The lowest BCUT2D eigenvalue weighted by Crippen LogP contribution is -2.62. The Kier molecular flexibility index (Phi) is 27.8. The van der Waals surface area contributed by atoms with E-state index in [0.29, 0.717) is 138 Å². The molecule has 0 bridgehead atoms. The molecule has 0 heterocycles. The van der Waals surface area contributed by atoms with Crippen LogP contribution in [0.4, 0.5) is 0 Å². The lowest BCUT2D eigenvalue weighted by atomic mass is 9.41. The fourth-order valence-corrected chi connectivity index (χ4v) is 31.9. The number of rotatable bonds is 23. The van der Waals surface area contributed by atoms with Gasteiger partial charge in [-0.3, -0.25) is 9.52 Å². The molecule has 0 saturated heterocycles. The summed E-state index contributed by atoms with van der Waals surface area (Å²) >= 11 is 0. The molecule has 12 saturated carbocycles. The van der Waals surface area contributed by atoms with Gasteiger partial charge in [0.05, 0.1) is 52.4 Å². The maximum absolute atomic E-state index is 12.4. The van der Waals surface area contributed by atoms with Crippen LogP contribution in [0.1, 0.15) is 317 Å². The van der Waals surface area contributed by atoms with E-state index in [0.717, 1.165) is 128 Å². The third kappa shape index (κ3) is 16.4. The third-order valence-corrected chi connectivity index (χ3v) is 41.1. The highest BCUT2D eigenvalue weighted by molar-refractivity contribution is 7.90. The van der Waals surface area contributed by atoms with Gasteiger partial charge in [0.2, 0.25) is 36.0 Å². The molecule has 12 fully saturated rings. The second-order valence-corrected chi connectivity index (χ2v) is 48.1. The Bertz CT molecular complexity index is 3150. The van der Waals surface area contributed by atoms with Crippen molar-refractivity contribution in [3.05, 3.63) is 0 Å². The molecule has 19 heteroatoms. The van der Waals surface area contributed by atoms with E-state index in [4.69, 9.17) is 0 Å². The van der Waals surface area contributed by atoms with Gasteiger partial charge >= 0.3 is 0 Å². The first-order valence-electron chi connectivity index (χ1n) is 44.1. The molecule has 0 aromatic rings. The van der Waals surface area contributed by atoms with Crippen LogP contribution in [0, 0.1) is 157 Å². The third-order valence-electron chi connectivity index (χ3n) is 35.7. The second-order valence-electron chi connectivity index (χ2n) is 41.2. The minimum atomic E-state index is -3.58. The molecule has 9 N–H and O–H groups in total. The number of carbonyl (C=O) groups excluding carboxylic acids is 1. The average molecular weight is 1550 g/mol. The Hall–Kier alpha value is -1.00. The molecule has 12 rings (SSSR count). The number of hydrogen-bond donors (Lipinski definition) is 9. The first-order chi connectivity index (χ1) is 49.5. The van der Waals surface area contributed by atoms with Crippen molar-refractivity contribution in [1.29, 1.82) is 0 Å². The molecular formula is C87H157N3O13S3. The Morgan fingerprint density at radius 1 is 0.358 bits per heavy atom.